The minimum absolute atomic E-state index is 0.0932. The standard InChI is InChI=1S/C13H16BrClO4S/c1-8(2)4-5-19-13(16)11-6-10(14)7-12(9(11)3)20(15,17)18/h6-8H,4-5H2,1-3H3. The Morgan fingerprint density at radius 3 is 2.50 bits per heavy atom. The van der Waals surface area contributed by atoms with Crippen LogP contribution in [0.25, 0.3) is 0 Å². The Morgan fingerprint density at radius 1 is 1.40 bits per heavy atom. The second-order valence-corrected chi connectivity index (χ2v) is 8.28. The van der Waals surface area contributed by atoms with E-state index in [1.807, 2.05) is 13.8 Å². The van der Waals surface area contributed by atoms with Gasteiger partial charge in [-0.2, -0.15) is 0 Å². The lowest BCUT2D eigenvalue weighted by Crippen LogP contribution is -2.11. The van der Waals surface area contributed by atoms with E-state index in [0.717, 1.165) is 6.42 Å². The van der Waals surface area contributed by atoms with Gasteiger partial charge in [0.15, 0.2) is 0 Å². The van der Waals surface area contributed by atoms with E-state index in [2.05, 4.69) is 15.9 Å². The molecule has 4 nitrogen and oxygen atoms in total. The molecule has 1 rings (SSSR count). The van der Waals surface area contributed by atoms with Crippen molar-refractivity contribution in [1.82, 2.24) is 0 Å². The summed E-state index contributed by atoms with van der Waals surface area (Å²) in [6.45, 7) is 5.87. The van der Waals surface area contributed by atoms with E-state index >= 15 is 0 Å². The first-order valence-electron chi connectivity index (χ1n) is 6.05. The zero-order valence-corrected chi connectivity index (χ0v) is 14.6. The molecule has 0 saturated heterocycles. The van der Waals surface area contributed by atoms with Crippen LogP contribution in [0.2, 0.25) is 0 Å². The molecule has 0 amide bonds. The number of benzene rings is 1. The van der Waals surface area contributed by atoms with Gasteiger partial charge in [0.2, 0.25) is 0 Å². The van der Waals surface area contributed by atoms with Gasteiger partial charge in [-0.1, -0.05) is 29.8 Å². The average molecular weight is 384 g/mol. The molecule has 0 saturated carbocycles. The Morgan fingerprint density at radius 2 is 2.00 bits per heavy atom. The molecular formula is C13H16BrClO4S. The molecule has 20 heavy (non-hydrogen) atoms. The fourth-order valence-electron chi connectivity index (χ4n) is 1.58. The molecule has 1 aromatic carbocycles. The number of halogens is 2. The van der Waals surface area contributed by atoms with Gasteiger partial charge >= 0.3 is 5.97 Å². The van der Waals surface area contributed by atoms with Crippen molar-refractivity contribution in [2.45, 2.75) is 32.1 Å². The van der Waals surface area contributed by atoms with E-state index in [1.165, 1.54) is 19.1 Å². The van der Waals surface area contributed by atoms with Gasteiger partial charge in [0, 0.05) is 15.2 Å². The van der Waals surface area contributed by atoms with Crippen molar-refractivity contribution in [2.24, 2.45) is 5.92 Å². The second-order valence-electron chi connectivity index (χ2n) is 4.83. The first-order chi connectivity index (χ1) is 9.12. The van der Waals surface area contributed by atoms with Crippen molar-refractivity contribution < 1.29 is 17.9 Å². The van der Waals surface area contributed by atoms with Crippen molar-refractivity contribution in [3.8, 4) is 0 Å². The van der Waals surface area contributed by atoms with Crippen LogP contribution in [0.5, 0.6) is 0 Å². The summed E-state index contributed by atoms with van der Waals surface area (Å²) in [5.41, 5.74) is 0.486. The van der Waals surface area contributed by atoms with Crippen LogP contribution in [0.1, 0.15) is 36.2 Å². The van der Waals surface area contributed by atoms with Crippen LogP contribution in [-0.4, -0.2) is 21.0 Å². The van der Waals surface area contributed by atoms with Gasteiger partial charge in [0.1, 0.15) is 0 Å². The molecule has 0 fully saturated rings. The highest BCUT2D eigenvalue weighted by Crippen LogP contribution is 2.27. The van der Waals surface area contributed by atoms with E-state index in [1.54, 1.807) is 0 Å². The number of hydrogen-bond donors (Lipinski definition) is 0. The molecule has 1 aromatic rings. The van der Waals surface area contributed by atoms with Crippen molar-refractivity contribution in [3.63, 3.8) is 0 Å². The Hall–Kier alpha value is -0.590. The van der Waals surface area contributed by atoms with Crippen LogP contribution < -0.4 is 0 Å². The summed E-state index contributed by atoms with van der Waals surface area (Å²) in [7, 11) is 1.45. The summed E-state index contributed by atoms with van der Waals surface area (Å²) < 4.78 is 28.6. The number of esters is 1. The number of rotatable bonds is 5. The molecule has 0 spiro atoms. The lowest BCUT2D eigenvalue weighted by Gasteiger charge is -2.11. The number of carbonyl (C=O) groups excluding carboxylic acids is 1. The highest BCUT2D eigenvalue weighted by Gasteiger charge is 2.21. The first kappa shape index (κ1) is 17.5. The van der Waals surface area contributed by atoms with Gasteiger partial charge in [0.25, 0.3) is 9.05 Å². The predicted molar refractivity (Wildman–Crippen MR) is 81.7 cm³/mol. The van der Waals surface area contributed by atoms with Crippen molar-refractivity contribution in [3.05, 3.63) is 27.7 Å². The van der Waals surface area contributed by atoms with Crippen LogP contribution in [-0.2, 0) is 13.8 Å². The third-order valence-corrected chi connectivity index (χ3v) is 4.64. The zero-order valence-electron chi connectivity index (χ0n) is 11.4. The summed E-state index contributed by atoms with van der Waals surface area (Å²) in [5, 5.41) is 0. The molecular weight excluding hydrogens is 368 g/mol. The maximum Gasteiger partial charge on any atom is 0.338 e. The Balaban J connectivity index is 3.07. The van der Waals surface area contributed by atoms with Crippen molar-refractivity contribution in [2.75, 3.05) is 6.61 Å². The van der Waals surface area contributed by atoms with E-state index in [-0.39, 0.29) is 16.0 Å². The molecule has 0 atom stereocenters. The summed E-state index contributed by atoms with van der Waals surface area (Å²) in [4.78, 5) is 11.9. The Kier molecular flexibility index (Phi) is 6.04. The number of carbonyl (C=O) groups is 1. The minimum Gasteiger partial charge on any atom is -0.462 e. The fourth-order valence-corrected chi connectivity index (χ4v) is 3.42. The lowest BCUT2D eigenvalue weighted by atomic mass is 10.1. The van der Waals surface area contributed by atoms with Crippen molar-refractivity contribution in [1.29, 1.82) is 0 Å². The van der Waals surface area contributed by atoms with Crippen LogP contribution in [0.3, 0.4) is 0 Å². The molecule has 0 aliphatic carbocycles. The van der Waals surface area contributed by atoms with Crippen LogP contribution in [0.4, 0.5) is 0 Å². The normalized spacial score (nSPS) is 11.7. The van der Waals surface area contributed by atoms with Gasteiger partial charge in [-0.25, -0.2) is 13.2 Å². The Labute approximate surface area is 132 Å². The molecule has 0 N–H and O–H groups in total. The van der Waals surface area contributed by atoms with E-state index in [0.29, 0.717) is 17.0 Å². The summed E-state index contributed by atoms with van der Waals surface area (Å²) in [5.74, 6) is -0.129. The topological polar surface area (TPSA) is 60.4 Å². The van der Waals surface area contributed by atoms with Gasteiger partial charge in [-0.15, -0.1) is 0 Å². The molecule has 7 heteroatoms. The highest BCUT2D eigenvalue weighted by atomic mass is 79.9. The van der Waals surface area contributed by atoms with Crippen LogP contribution >= 0.6 is 26.6 Å². The van der Waals surface area contributed by atoms with Gasteiger partial charge in [-0.05, 0) is 37.0 Å². The molecule has 0 radical (unpaired) electrons. The predicted octanol–water partition coefficient (Wildman–Crippen LogP) is 3.89. The van der Waals surface area contributed by atoms with Crippen molar-refractivity contribution >= 4 is 41.6 Å². The van der Waals surface area contributed by atoms with Crippen LogP contribution in [0.15, 0.2) is 21.5 Å². The third-order valence-electron chi connectivity index (χ3n) is 2.74. The number of hydrogen-bond acceptors (Lipinski definition) is 4. The highest BCUT2D eigenvalue weighted by molar-refractivity contribution is 9.10. The molecule has 0 aliphatic rings. The molecule has 0 bridgehead atoms. The summed E-state index contributed by atoms with van der Waals surface area (Å²) >= 11 is 3.17. The maximum atomic E-state index is 12.0. The summed E-state index contributed by atoms with van der Waals surface area (Å²) in [6, 6.07) is 2.89. The lowest BCUT2D eigenvalue weighted by molar-refractivity contribution is 0.0487. The van der Waals surface area contributed by atoms with E-state index < -0.39 is 15.0 Å². The van der Waals surface area contributed by atoms with Gasteiger partial charge < -0.3 is 4.74 Å². The zero-order chi connectivity index (χ0) is 15.5. The third kappa shape index (κ3) is 4.75. The Bertz CT molecular complexity index is 611. The van der Waals surface area contributed by atoms with E-state index in [4.69, 9.17) is 15.4 Å². The summed E-state index contributed by atoms with van der Waals surface area (Å²) in [6.07, 6.45) is 0.749. The largest absolute Gasteiger partial charge is 0.462 e. The second kappa shape index (κ2) is 6.91. The average Bonchev–Trinajstić information content (AvgIpc) is 2.29. The first-order valence-corrected chi connectivity index (χ1v) is 9.15. The monoisotopic (exact) mass is 382 g/mol. The van der Waals surface area contributed by atoms with Crippen LogP contribution in [0, 0.1) is 12.8 Å². The minimum atomic E-state index is -3.91. The molecule has 0 aromatic heterocycles. The fraction of sp³-hybridized carbons (Fsp3) is 0.462. The molecule has 112 valence electrons. The van der Waals surface area contributed by atoms with Gasteiger partial charge in [-0.3, -0.25) is 0 Å². The SMILES string of the molecule is Cc1c(C(=O)OCCC(C)C)cc(Br)cc1S(=O)(=O)Cl. The quantitative estimate of drug-likeness (QED) is 0.572. The molecule has 0 unspecified atom stereocenters. The smallest absolute Gasteiger partial charge is 0.338 e. The molecule has 0 aliphatic heterocycles. The van der Waals surface area contributed by atoms with Gasteiger partial charge in [0.05, 0.1) is 17.1 Å². The van der Waals surface area contributed by atoms with E-state index in [9.17, 15) is 13.2 Å². The molecule has 0 heterocycles. The maximum absolute atomic E-state index is 12.0. The number of ether oxygens (including phenoxy) is 1.